The van der Waals surface area contributed by atoms with Crippen molar-refractivity contribution in [2.45, 2.75) is 31.4 Å². The van der Waals surface area contributed by atoms with Gasteiger partial charge < -0.3 is 15.3 Å². The summed E-state index contributed by atoms with van der Waals surface area (Å²) < 4.78 is 26.6. The summed E-state index contributed by atoms with van der Waals surface area (Å²) in [6.45, 7) is 0.541. The van der Waals surface area contributed by atoms with Crippen LogP contribution < -0.4 is 5.32 Å². The van der Waals surface area contributed by atoms with Gasteiger partial charge in [0.1, 0.15) is 5.82 Å². The number of rotatable bonds is 4. The van der Waals surface area contributed by atoms with E-state index < -0.39 is 18.0 Å². The number of benzene rings is 1. The molecule has 0 aliphatic carbocycles. The van der Waals surface area contributed by atoms with Gasteiger partial charge in [-0.15, -0.1) is 0 Å². The Morgan fingerprint density at radius 2 is 2.08 bits per heavy atom. The third kappa shape index (κ3) is 4.11. The van der Waals surface area contributed by atoms with E-state index >= 15 is 0 Å². The fourth-order valence-electron chi connectivity index (χ4n) is 3.09. The lowest BCUT2D eigenvalue weighted by atomic mass is 10.0. The molecule has 0 saturated carbocycles. The van der Waals surface area contributed by atoms with Crippen LogP contribution in [0.4, 0.5) is 19.3 Å². The molecule has 2 heterocycles. The van der Waals surface area contributed by atoms with Gasteiger partial charge in [-0.1, -0.05) is 12.1 Å². The van der Waals surface area contributed by atoms with Crippen LogP contribution in [0.2, 0.25) is 0 Å². The number of hydrogen-bond donors (Lipinski definition) is 2. The molecule has 7 heteroatoms. The molecule has 1 saturated heterocycles. The van der Waals surface area contributed by atoms with Gasteiger partial charge in [0.25, 0.3) is 0 Å². The van der Waals surface area contributed by atoms with Gasteiger partial charge in [-0.3, -0.25) is 4.98 Å². The minimum atomic E-state index is -0.795. The fraction of sp³-hybridized carbons (Fsp3) is 0.333. The number of carbonyl (C=O) groups is 1. The second-order valence-corrected chi connectivity index (χ2v) is 6.08. The lowest BCUT2D eigenvalue weighted by Gasteiger charge is -2.27. The van der Waals surface area contributed by atoms with Crippen LogP contribution in [0, 0.1) is 11.6 Å². The molecule has 2 amide bonds. The molecule has 1 fully saturated rings. The first-order valence-corrected chi connectivity index (χ1v) is 8.15. The summed E-state index contributed by atoms with van der Waals surface area (Å²) >= 11 is 0. The summed E-state index contributed by atoms with van der Waals surface area (Å²) in [7, 11) is 0. The maximum absolute atomic E-state index is 13.6. The summed E-state index contributed by atoms with van der Waals surface area (Å²) in [6.07, 6.45) is 3.56. The van der Waals surface area contributed by atoms with Crippen molar-refractivity contribution >= 4 is 11.7 Å². The summed E-state index contributed by atoms with van der Waals surface area (Å²) in [4.78, 5) is 17.7. The number of anilines is 1. The molecule has 1 aromatic carbocycles. The summed E-state index contributed by atoms with van der Waals surface area (Å²) in [5, 5.41) is 12.9. The van der Waals surface area contributed by atoms with Gasteiger partial charge in [0, 0.05) is 18.8 Å². The van der Waals surface area contributed by atoms with Crippen molar-refractivity contribution in [3.8, 4) is 0 Å². The second kappa shape index (κ2) is 7.57. The Balaban J connectivity index is 1.64. The molecule has 1 aliphatic heterocycles. The number of urea groups is 1. The average Bonchev–Trinajstić information content (AvgIpc) is 3.05. The predicted molar refractivity (Wildman–Crippen MR) is 88.9 cm³/mol. The number of likely N-dealkylation sites (tertiary alicyclic amines) is 1. The number of aliphatic hydroxyl groups excluding tert-OH is 1. The number of hydrogen-bond acceptors (Lipinski definition) is 3. The number of nitrogens with one attached hydrogen (secondary N) is 1. The molecule has 2 aromatic rings. The molecule has 132 valence electrons. The average molecular weight is 347 g/mol. The summed E-state index contributed by atoms with van der Waals surface area (Å²) in [5.74, 6) is -0.963. The van der Waals surface area contributed by atoms with Crippen molar-refractivity contribution in [2.75, 3.05) is 11.9 Å². The largest absolute Gasteiger partial charge is 0.388 e. The highest BCUT2D eigenvalue weighted by Crippen LogP contribution is 2.28. The van der Waals surface area contributed by atoms with Gasteiger partial charge in [0.15, 0.2) is 5.82 Å². The zero-order valence-corrected chi connectivity index (χ0v) is 13.5. The van der Waals surface area contributed by atoms with Crippen LogP contribution in [0.1, 0.15) is 30.9 Å². The Morgan fingerprint density at radius 1 is 1.32 bits per heavy atom. The zero-order valence-electron chi connectivity index (χ0n) is 13.5. The Kier molecular flexibility index (Phi) is 5.23. The highest BCUT2D eigenvalue weighted by molar-refractivity contribution is 5.89. The predicted octanol–water partition coefficient (Wildman–Crippen LogP) is 3.48. The van der Waals surface area contributed by atoms with Crippen molar-refractivity contribution < 1.29 is 18.7 Å². The highest BCUT2D eigenvalue weighted by Gasteiger charge is 2.31. The van der Waals surface area contributed by atoms with Crippen molar-refractivity contribution in [2.24, 2.45) is 0 Å². The number of nitrogens with zero attached hydrogens (tertiary/aromatic N) is 2. The van der Waals surface area contributed by atoms with Crippen LogP contribution in [0.15, 0.2) is 42.7 Å². The minimum absolute atomic E-state index is 0.0738. The Morgan fingerprint density at radius 3 is 2.80 bits per heavy atom. The van der Waals surface area contributed by atoms with E-state index in [1.807, 2.05) is 0 Å². The van der Waals surface area contributed by atoms with Crippen molar-refractivity contribution in [1.82, 2.24) is 9.88 Å². The maximum Gasteiger partial charge on any atom is 0.322 e. The zero-order chi connectivity index (χ0) is 17.8. The third-order valence-electron chi connectivity index (χ3n) is 4.40. The van der Waals surface area contributed by atoms with E-state index in [1.54, 1.807) is 4.90 Å². The molecule has 1 aliphatic rings. The lowest BCUT2D eigenvalue weighted by Crippen LogP contribution is -2.39. The minimum Gasteiger partial charge on any atom is -0.388 e. The van der Waals surface area contributed by atoms with Crippen LogP contribution in [-0.4, -0.2) is 33.6 Å². The van der Waals surface area contributed by atoms with E-state index in [0.29, 0.717) is 18.5 Å². The summed E-state index contributed by atoms with van der Waals surface area (Å²) in [6, 6.07) is 6.49. The molecule has 2 atom stereocenters. The monoisotopic (exact) mass is 347 g/mol. The van der Waals surface area contributed by atoms with Crippen LogP contribution in [0.25, 0.3) is 0 Å². The van der Waals surface area contributed by atoms with E-state index in [1.165, 1.54) is 36.5 Å². The molecule has 0 radical (unpaired) electrons. The number of amides is 2. The van der Waals surface area contributed by atoms with E-state index in [0.717, 1.165) is 19.0 Å². The molecule has 25 heavy (non-hydrogen) atoms. The SMILES string of the molecule is O=C(Nc1ccncc1F)N1CCC[C@H]1C[C@H](O)c1ccc(F)cc1. The van der Waals surface area contributed by atoms with Gasteiger partial charge in [-0.2, -0.15) is 0 Å². The van der Waals surface area contributed by atoms with Gasteiger partial charge in [-0.05, 0) is 43.0 Å². The Hall–Kier alpha value is -2.54. The molecule has 0 spiro atoms. The Labute approximate surface area is 144 Å². The molecular formula is C18H19F2N3O2. The van der Waals surface area contributed by atoms with Crippen molar-refractivity contribution in [3.05, 3.63) is 59.9 Å². The number of halogens is 2. The van der Waals surface area contributed by atoms with Crippen LogP contribution in [-0.2, 0) is 0 Å². The molecule has 5 nitrogen and oxygen atoms in total. The van der Waals surface area contributed by atoms with Crippen molar-refractivity contribution in [3.63, 3.8) is 0 Å². The molecule has 3 rings (SSSR count). The normalized spacial score (nSPS) is 18.2. The standard InChI is InChI=1S/C18H19F2N3O2/c19-13-5-3-12(4-6-13)17(24)10-14-2-1-9-23(14)18(25)22-16-7-8-21-11-15(16)20/h3-8,11,14,17,24H,1-2,9-10H2,(H,21,22,25)/t14-,17-/m0/s1. The van der Waals surface area contributed by atoms with Crippen molar-refractivity contribution in [1.29, 1.82) is 0 Å². The molecule has 0 unspecified atom stereocenters. The highest BCUT2D eigenvalue weighted by atomic mass is 19.1. The van der Waals surface area contributed by atoms with Gasteiger partial charge in [0.2, 0.25) is 0 Å². The first-order valence-electron chi connectivity index (χ1n) is 8.15. The number of aromatic nitrogens is 1. The van der Waals surface area contributed by atoms with E-state index in [-0.39, 0.29) is 17.5 Å². The Bertz CT molecular complexity index is 739. The number of carbonyl (C=O) groups excluding carboxylic acids is 1. The van der Waals surface area contributed by atoms with Gasteiger partial charge in [0.05, 0.1) is 18.0 Å². The van der Waals surface area contributed by atoms with Gasteiger partial charge in [-0.25, -0.2) is 13.6 Å². The van der Waals surface area contributed by atoms with E-state index in [9.17, 15) is 18.7 Å². The maximum atomic E-state index is 13.6. The molecule has 0 bridgehead atoms. The lowest BCUT2D eigenvalue weighted by molar-refractivity contribution is 0.129. The first kappa shape index (κ1) is 17.3. The van der Waals surface area contributed by atoms with E-state index in [4.69, 9.17) is 0 Å². The quantitative estimate of drug-likeness (QED) is 0.890. The topological polar surface area (TPSA) is 65.5 Å². The smallest absolute Gasteiger partial charge is 0.322 e. The van der Waals surface area contributed by atoms with Gasteiger partial charge >= 0.3 is 6.03 Å². The fourth-order valence-corrected chi connectivity index (χ4v) is 3.09. The number of aliphatic hydroxyl groups is 1. The molecular weight excluding hydrogens is 328 g/mol. The first-order chi connectivity index (χ1) is 12.0. The van der Waals surface area contributed by atoms with Crippen LogP contribution in [0.3, 0.4) is 0 Å². The van der Waals surface area contributed by atoms with E-state index in [2.05, 4.69) is 10.3 Å². The second-order valence-electron chi connectivity index (χ2n) is 6.08. The molecule has 1 aromatic heterocycles. The third-order valence-corrected chi connectivity index (χ3v) is 4.40. The molecule has 2 N–H and O–H groups in total. The summed E-state index contributed by atoms with van der Waals surface area (Å²) in [5.41, 5.74) is 0.679. The number of pyridine rings is 1. The van der Waals surface area contributed by atoms with Crippen LogP contribution >= 0.6 is 0 Å². The van der Waals surface area contributed by atoms with Crippen LogP contribution in [0.5, 0.6) is 0 Å².